The topological polar surface area (TPSA) is 133 Å². The summed E-state index contributed by atoms with van der Waals surface area (Å²) in [5.41, 5.74) is -0.461. The predicted octanol–water partition coefficient (Wildman–Crippen LogP) is 2.03. The molecule has 1 heterocycles. The number of ether oxygens (including phenoxy) is 1. The third kappa shape index (κ3) is 4.10. The highest BCUT2D eigenvalue weighted by Crippen LogP contribution is 2.18. The molecule has 1 unspecified atom stereocenters. The van der Waals surface area contributed by atoms with E-state index in [0.717, 1.165) is 4.68 Å². The van der Waals surface area contributed by atoms with Gasteiger partial charge in [-0.25, -0.2) is 9.48 Å². The molecule has 0 saturated carbocycles. The molecule has 148 valence electrons. The number of nitrogens with zero attached hydrogens (tertiary/aromatic N) is 3. The molecule has 10 nitrogen and oxygen atoms in total. The molecule has 29 heavy (non-hydrogen) atoms. The monoisotopic (exact) mass is 396 g/mol. The van der Waals surface area contributed by atoms with E-state index < -0.39 is 22.9 Å². The van der Waals surface area contributed by atoms with E-state index in [1.807, 2.05) is 0 Å². The molecule has 0 saturated heterocycles. The van der Waals surface area contributed by atoms with E-state index in [1.165, 1.54) is 38.2 Å². The summed E-state index contributed by atoms with van der Waals surface area (Å²) in [5, 5.41) is 17.8. The number of hydrogen-bond acceptors (Lipinski definition) is 7. The average Bonchev–Trinajstić information content (AvgIpc) is 2.70. The van der Waals surface area contributed by atoms with E-state index in [1.54, 1.807) is 24.3 Å². The van der Waals surface area contributed by atoms with Gasteiger partial charge in [0.2, 0.25) is 0 Å². The minimum atomic E-state index is -1.21. The number of aryl methyl sites for hydroxylation is 1. The Morgan fingerprint density at radius 2 is 1.86 bits per heavy atom. The van der Waals surface area contributed by atoms with Gasteiger partial charge in [-0.1, -0.05) is 24.3 Å². The number of esters is 1. The first-order valence-electron chi connectivity index (χ1n) is 8.50. The van der Waals surface area contributed by atoms with E-state index in [2.05, 4.69) is 10.4 Å². The van der Waals surface area contributed by atoms with Crippen LogP contribution in [0, 0.1) is 10.1 Å². The lowest BCUT2D eigenvalue weighted by molar-refractivity contribution is -0.384. The number of nitro groups is 1. The van der Waals surface area contributed by atoms with Crippen molar-refractivity contribution < 1.29 is 19.2 Å². The number of hydrogen-bond donors (Lipinski definition) is 1. The Morgan fingerprint density at radius 1 is 1.17 bits per heavy atom. The maximum absolute atomic E-state index is 12.6. The third-order valence-electron chi connectivity index (χ3n) is 4.13. The molecule has 0 bridgehead atoms. The van der Waals surface area contributed by atoms with E-state index in [-0.39, 0.29) is 22.6 Å². The highest BCUT2D eigenvalue weighted by Gasteiger charge is 2.23. The predicted molar refractivity (Wildman–Crippen MR) is 104 cm³/mol. The minimum Gasteiger partial charge on any atom is -0.448 e. The molecule has 0 spiro atoms. The molecule has 0 radical (unpaired) electrons. The second-order valence-electron chi connectivity index (χ2n) is 6.17. The lowest BCUT2D eigenvalue weighted by Crippen LogP contribution is -2.31. The van der Waals surface area contributed by atoms with Crippen LogP contribution < -0.4 is 10.9 Å². The molecule has 0 aliphatic rings. The summed E-state index contributed by atoms with van der Waals surface area (Å²) in [6.45, 7) is 1.36. The van der Waals surface area contributed by atoms with Crippen LogP contribution in [0.15, 0.2) is 53.3 Å². The first kappa shape index (κ1) is 19.7. The van der Waals surface area contributed by atoms with Gasteiger partial charge in [0.05, 0.1) is 10.3 Å². The Kier molecular flexibility index (Phi) is 5.35. The Balaban J connectivity index is 1.79. The number of anilines is 1. The highest BCUT2D eigenvalue weighted by atomic mass is 16.6. The largest absolute Gasteiger partial charge is 0.448 e. The van der Waals surface area contributed by atoms with E-state index in [0.29, 0.717) is 10.8 Å². The van der Waals surface area contributed by atoms with Crippen LogP contribution in [-0.4, -0.2) is 32.7 Å². The van der Waals surface area contributed by atoms with Gasteiger partial charge in [-0.05, 0) is 19.1 Å². The summed E-state index contributed by atoms with van der Waals surface area (Å²) in [6.07, 6.45) is -1.21. The van der Waals surface area contributed by atoms with Gasteiger partial charge >= 0.3 is 5.97 Å². The number of carbonyl (C=O) groups excluding carboxylic acids is 2. The van der Waals surface area contributed by atoms with Crippen LogP contribution in [0.5, 0.6) is 0 Å². The van der Waals surface area contributed by atoms with Gasteiger partial charge in [0.15, 0.2) is 11.8 Å². The van der Waals surface area contributed by atoms with Crippen LogP contribution in [0.3, 0.4) is 0 Å². The fourth-order valence-electron chi connectivity index (χ4n) is 2.66. The van der Waals surface area contributed by atoms with Gasteiger partial charge in [0, 0.05) is 30.3 Å². The van der Waals surface area contributed by atoms with Gasteiger partial charge in [-0.15, -0.1) is 0 Å². The Labute approximate surface area is 163 Å². The van der Waals surface area contributed by atoms with E-state index in [9.17, 15) is 24.5 Å². The molecule has 0 fully saturated rings. The van der Waals surface area contributed by atoms with Crippen molar-refractivity contribution in [3.8, 4) is 0 Å². The molecule has 1 aromatic heterocycles. The summed E-state index contributed by atoms with van der Waals surface area (Å²) in [5.74, 6) is -1.55. The smallest absolute Gasteiger partial charge is 0.360 e. The van der Waals surface area contributed by atoms with Gasteiger partial charge in [0.25, 0.3) is 17.2 Å². The first-order valence-corrected chi connectivity index (χ1v) is 8.50. The van der Waals surface area contributed by atoms with Crippen molar-refractivity contribution >= 4 is 34.0 Å². The number of nitrogens with one attached hydrogen (secondary N) is 1. The second kappa shape index (κ2) is 7.89. The fourth-order valence-corrected chi connectivity index (χ4v) is 2.66. The molecule has 10 heteroatoms. The molecule has 1 atom stereocenters. The molecular formula is C19H16N4O6. The number of nitro benzene ring substituents is 1. The molecule has 3 aromatic rings. The van der Waals surface area contributed by atoms with Crippen molar-refractivity contribution in [3.63, 3.8) is 0 Å². The first-order chi connectivity index (χ1) is 13.8. The summed E-state index contributed by atoms with van der Waals surface area (Å²) < 4.78 is 6.21. The maximum Gasteiger partial charge on any atom is 0.360 e. The zero-order chi connectivity index (χ0) is 21.1. The SMILES string of the molecule is CC(OC(=O)c1nn(C)c(=O)c2ccccc12)C(=O)Nc1cccc([N+](=O)[O-])c1. The summed E-state index contributed by atoms with van der Waals surface area (Å²) in [7, 11) is 1.41. The third-order valence-corrected chi connectivity index (χ3v) is 4.13. The number of amides is 1. The maximum atomic E-state index is 12.6. The highest BCUT2D eigenvalue weighted by molar-refractivity contribution is 6.03. The lowest BCUT2D eigenvalue weighted by Gasteiger charge is -2.14. The molecule has 0 aliphatic heterocycles. The van der Waals surface area contributed by atoms with Gasteiger partial charge in [0.1, 0.15) is 0 Å². The van der Waals surface area contributed by atoms with Crippen molar-refractivity contribution in [2.24, 2.45) is 7.05 Å². The Hall–Kier alpha value is -4.08. The number of rotatable bonds is 5. The van der Waals surface area contributed by atoms with Crippen LogP contribution in [0.2, 0.25) is 0 Å². The van der Waals surface area contributed by atoms with Crippen LogP contribution in [-0.2, 0) is 16.6 Å². The van der Waals surface area contributed by atoms with Crippen LogP contribution in [0.1, 0.15) is 17.4 Å². The summed E-state index contributed by atoms with van der Waals surface area (Å²) in [6, 6.07) is 11.8. The van der Waals surface area contributed by atoms with Gasteiger partial charge in [-0.2, -0.15) is 5.10 Å². The number of non-ortho nitro benzene ring substituents is 1. The lowest BCUT2D eigenvalue weighted by atomic mass is 10.1. The van der Waals surface area contributed by atoms with Crippen LogP contribution in [0.25, 0.3) is 10.8 Å². The molecular weight excluding hydrogens is 380 g/mol. The molecule has 0 aliphatic carbocycles. The van der Waals surface area contributed by atoms with Crippen LogP contribution in [0.4, 0.5) is 11.4 Å². The number of fused-ring (bicyclic) bond motifs is 1. The number of benzene rings is 2. The minimum absolute atomic E-state index is 0.0994. The normalized spacial score (nSPS) is 11.7. The molecule has 3 rings (SSSR count). The van der Waals surface area contributed by atoms with Crippen molar-refractivity contribution in [1.29, 1.82) is 0 Å². The van der Waals surface area contributed by atoms with E-state index >= 15 is 0 Å². The number of carbonyl (C=O) groups is 2. The zero-order valence-electron chi connectivity index (χ0n) is 15.5. The Bertz CT molecular complexity index is 1190. The Morgan fingerprint density at radius 3 is 2.55 bits per heavy atom. The molecule has 1 N–H and O–H groups in total. The average molecular weight is 396 g/mol. The molecule has 2 aromatic carbocycles. The van der Waals surface area contributed by atoms with Gasteiger partial charge in [-0.3, -0.25) is 19.7 Å². The van der Waals surface area contributed by atoms with E-state index in [4.69, 9.17) is 4.74 Å². The number of aromatic nitrogens is 2. The van der Waals surface area contributed by atoms with Crippen molar-refractivity contribution in [2.75, 3.05) is 5.32 Å². The second-order valence-corrected chi connectivity index (χ2v) is 6.17. The van der Waals surface area contributed by atoms with Crippen LogP contribution >= 0.6 is 0 Å². The standard InChI is InChI=1S/C19H16N4O6/c1-11(17(24)20-12-6-5-7-13(10-12)23(27)28)29-19(26)16-14-8-3-4-9-15(14)18(25)22(2)21-16/h3-11H,1-2H3,(H,20,24). The quantitative estimate of drug-likeness (QED) is 0.396. The fraction of sp³-hybridized carbons (Fsp3) is 0.158. The summed E-state index contributed by atoms with van der Waals surface area (Å²) >= 11 is 0. The van der Waals surface area contributed by atoms with Crippen molar-refractivity contribution in [3.05, 3.63) is 74.7 Å². The zero-order valence-corrected chi connectivity index (χ0v) is 15.5. The van der Waals surface area contributed by atoms with Gasteiger partial charge < -0.3 is 10.1 Å². The molecule has 1 amide bonds. The summed E-state index contributed by atoms with van der Waals surface area (Å²) in [4.78, 5) is 47.3. The van der Waals surface area contributed by atoms with Crippen molar-refractivity contribution in [1.82, 2.24) is 9.78 Å². The van der Waals surface area contributed by atoms with Crippen molar-refractivity contribution in [2.45, 2.75) is 13.0 Å².